The molecule has 4 rings (SSSR count). The number of carbonyl (C=O) groups excluding carboxylic acids is 4. The minimum Gasteiger partial charge on any atom is -0.460 e. The van der Waals surface area contributed by atoms with E-state index < -0.39 is 41.7 Å². The first-order valence-electron chi connectivity index (χ1n) is 15.5. The van der Waals surface area contributed by atoms with Crippen LogP contribution in [0.4, 0.5) is 5.69 Å². The molecule has 0 aromatic heterocycles. The smallest absolute Gasteiger partial charge is 0.312 e. The van der Waals surface area contributed by atoms with Gasteiger partial charge in [-0.3, -0.25) is 19.2 Å². The molecule has 0 saturated carbocycles. The quantitative estimate of drug-likeness (QED) is 0.153. The van der Waals surface area contributed by atoms with Crippen molar-refractivity contribution < 1.29 is 33.8 Å². The Morgan fingerprint density at radius 2 is 1.93 bits per heavy atom. The summed E-state index contributed by atoms with van der Waals surface area (Å²) in [6.07, 6.45) is 6.84. The van der Waals surface area contributed by atoms with Crippen LogP contribution in [0.1, 0.15) is 58.3 Å². The van der Waals surface area contributed by atoms with Gasteiger partial charge in [0.15, 0.2) is 0 Å². The Kier molecular flexibility index (Phi) is 11.6. The maximum atomic E-state index is 14.5. The second-order valence-electron chi connectivity index (χ2n) is 11.8. The number of rotatable bonds is 17. The normalized spacial score (nSPS) is 25.8. The third-order valence-electron chi connectivity index (χ3n) is 8.81. The number of anilines is 1. The fourth-order valence-electron chi connectivity index (χ4n) is 6.81. The van der Waals surface area contributed by atoms with Crippen LogP contribution >= 0.6 is 11.6 Å². The summed E-state index contributed by atoms with van der Waals surface area (Å²) in [6, 6.07) is 5.97. The lowest BCUT2D eigenvalue weighted by atomic mass is 9.70. The van der Waals surface area contributed by atoms with Crippen molar-refractivity contribution in [1.29, 1.82) is 0 Å². The van der Waals surface area contributed by atoms with Crippen LogP contribution < -0.4 is 10.2 Å². The Bertz CT molecular complexity index is 1220. The molecule has 3 aliphatic heterocycles. The highest BCUT2D eigenvalue weighted by Crippen LogP contribution is 2.59. The summed E-state index contributed by atoms with van der Waals surface area (Å²) >= 11 is 6.12. The molecule has 1 spiro atoms. The molecule has 3 aliphatic rings. The number of likely N-dealkylation sites (tertiary alicyclic amines) is 1. The number of ether oxygens (including phenoxy) is 2. The standard InChI is InChI=1S/C33H44ClN3O7/c1-4-6-11-26(39)35-21-22(3)43-32(42)27-25-16-17-33(44-25)28(27)30(40)37(19-9-7-8-10-20-38)29(33)31(41)36(18-5-2)24-14-12-23(34)13-15-24/h4-5,12-15,22,25,27-29,38H,1-2,6-11,16-21H2,3H3,(H,35,39)/t22-,25-,27+,28+,29-,33+/m0/s1. The Morgan fingerprint density at radius 3 is 2.61 bits per heavy atom. The minimum atomic E-state index is -1.17. The third-order valence-corrected chi connectivity index (χ3v) is 9.06. The van der Waals surface area contributed by atoms with Gasteiger partial charge in [0, 0.05) is 36.8 Å². The van der Waals surface area contributed by atoms with E-state index in [2.05, 4.69) is 18.5 Å². The molecular formula is C33H44ClN3O7. The second kappa shape index (κ2) is 15.2. The Morgan fingerprint density at radius 1 is 1.20 bits per heavy atom. The van der Waals surface area contributed by atoms with Crippen molar-refractivity contribution in [3.63, 3.8) is 0 Å². The number of fused-ring (bicyclic) bond motifs is 1. The molecule has 44 heavy (non-hydrogen) atoms. The molecule has 3 fully saturated rings. The van der Waals surface area contributed by atoms with E-state index >= 15 is 0 Å². The van der Waals surface area contributed by atoms with E-state index in [0.717, 1.165) is 12.8 Å². The molecular weight excluding hydrogens is 586 g/mol. The van der Waals surface area contributed by atoms with Crippen LogP contribution in [0.3, 0.4) is 0 Å². The lowest BCUT2D eigenvalue weighted by molar-refractivity contribution is -0.159. The molecule has 3 heterocycles. The molecule has 1 aromatic rings. The number of aliphatic hydroxyl groups is 1. The third kappa shape index (κ3) is 7.03. The molecule has 3 saturated heterocycles. The molecule has 2 N–H and O–H groups in total. The minimum absolute atomic E-state index is 0.0997. The molecule has 6 atom stereocenters. The number of nitrogens with zero attached hydrogens (tertiary/aromatic N) is 2. The monoisotopic (exact) mass is 629 g/mol. The lowest BCUT2D eigenvalue weighted by Gasteiger charge is -2.36. The van der Waals surface area contributed by atoms with Crippen LogP contribution in [0, 0.1) is 11.8 Å². The molecule has 11 heteroatoms. The van der Waals surface area contributed by atoms with Crippen LogP contribution in [-0.2, 0) is 28.7 Å². The summed E-state index contributed by atoms with van der Waals surface area (Å²) in [5.74, 6) is -3.02. The summed E-state index contributed by atoms with van der Waals surface area (Å²) in [4.78, 5) is 57.5. The zero-order chi connectivity index (χ0) is 31.9. The van der Waals surface area contributed by atoms with Crippen molar-refractivity contribution in [3.05, 3.63) is 54.6 Å². The molecule has 240 valence electrons. The first kappa shape index (κ1) is 33.7. The van der Waals surface area contributed by atoms with E-state index in [1.807, 2.05) is 0 Å². The van der Waals surface area contributed by atoms with Crippen molar-refractivity contribution in [2.75, 3.05) is 31.1 Å². The predicted molar refractivity (Wildman–Crippen MR) is 167 cm³/mol. The SMILES string of the molecule is C=CCCC(=O)NC[C@H](C)OC(=O)[C@@H]1[C@@H]2CC[C@]3(O2)[C@H](C(=O)N(CC=C)c2ccc(Cl)cc2)N(CCCCCCO)C(=O)[C@@H]13. The fraction of sp³-hybridized carbons (Fsp3) is 0.576. The molecule has 3 amide bonds. The van der Waals surface area contributed by atoms with Gasteiger partial charge in [-0.25, -0.2) is 0 Å². The van der Waals surface area contributed by atoms with Crippen LogP contribution in [0.15, 0.2) is 49.6 Å². The number of nitrogens with one attached hydrogen (secondary N) is 1. The van der Waals surface area contributed by atoms with Gasteiger partial charge in [-0.2, -0.15) is 0 Å². The van der Waals surface area contributed by atoms with E-state index in [-0.39, 0.29) is 37.4 Å². The van der Waals surface area contributed by atoms with Gasteiger partial charge in [0.25, 0.3) is 5.91 Å². The van der Waals surface area contributed by atoms with Gasteiger partial charge < -0.3 is 29.7 Å². The Hall–Kier alpha value is -3.21. The summed E-state index contributed by atoms with van der Waals surface area (Å²) in [7, 11) is 0. The van der Waals surface area contributed by atoms with E-state index in [1.54, 1.807) is 53.1 Å². The fourth-order valence-corrected chi connectivity index (χ4v) is 6.93. The summed E-state index contributed by atoms with van der Waals surface area (Å²) in [5, 5.41) is 12.5. The zero-order valence-electron chi connectivity index (χ0n) is 25.4. The maximum absolute atomic E-state index is 14.5. The number of allylic oxidation sites excluding steroid dienone is 1. The Balaban J connectivity index is 1.58. The highest BCUT2D eigenvalue weighted by atomic mass is 35.5. The summed E-state index contributed by atoms with van der Waals surface area (Å²) in [6.45, 7) is 9.92. The first-order valence-corrected chi connectivity index (χ1v) is 15.9. The number of esters is 1. The van der Waals surface area contributed by atoms with Gasteiger partial charge in [0.2, 0.25) is 11.8 Å². The topological polar surface area (TPSA) is 125 Å². The highest BCUT2D eigenvalue weighted by Gasteiger charge is 2.75. The number of aliphatic hydroxyl groups excluding tert-OH is 1. The largest absolute Gasteiger partial charge is 0.460 e. The lowest BCUT2D eigenvalue weighted by Crippen LogP contribution is -2.56. The highest BCUT2D eigenvalue weighted by molar-refractivity contribution is 6.30. The van der Waals surface area contributed by atoms with Crippen molar-refractivity contribution in [2.45, 2.75) is 82.1 Å². The van der Waals surface area contributed by atoms with Gasteiger partial charge in [-0.15, -0.1) is 13.2 Å². The van der Waals surface area contributed by atoms with Crippen LogP contribution in [-0.4, -0.2) is 83.8 Å². The predicted octanol–water partition coefficient (Wildman–Crippen LogP) is 3.80. The average Bonchev–Trinajstić information content (AvgIpc) is 3.65. The Labute approximate surface area is 264 Å². The van der Waals surface area contributed by atoms with E-state index in [0.29, 0.717) is 55.8 Å². The van der Waals surface area contributed by atoms with E-state index in [9.17, 15) is 24.3 Å². The van der Waals surface area contributed by atoms with Crippen molar-refractivity contribution in [2.24, 2.45) is 11.8 Å². The second-order valence-corrected chi connectivity index (χ2v) is 12.3. The van der Waals surface area contributed by atoms with Crippen molar-refractivity contribution in [1.82, 2.24) is 10.2 Å². The molecule has 0 aliphatic carbocycles. The van der Waals surface area contributed by atoms with Crippen LogP contribution in [0.25, 0.3) is 0 Å². The first-order chi connectivity index (χ1) is 21.2. The van der Waals surface area contributed by atoms with Crippen molar-refractivity contribution >= 4 is 41.0 Å². The number of carbonyl (C=O) groups is 4. The number of amides is 3. The van der Waals surface area contributed by atoms with Crippen LogP contribution in [0.2, 0.25) is 5.02 Å². The number of hydrogen-bond donors (Lipinski definition) is 2. The van der Waals surface area contributed by atoms with Crippen molar-refractivity contribution in [3.8, 4) is 0 Å². The average molecular weight is 630 g/mol. The van der Waals surface area contributed by atoms with Gasteiger partial charge >= 0.3 is 5.97 Å². The summed E-state index contributed by atoms with van der Waals surface area (Å²) in [5.41, 5.74) is -0.552. The van der Waals surface area contributed by atoms with Gasteiger partial charge in [0.05, 0.1) is 24.5 Å². The number of hydrogen-bond acceptors (Lipinski definition) is 7. The van der Waals surface area contributed by atoms with E-state index in [1.165, 1.54) is 0 Å². The number of halogens is 1. The van der Waals surface area contributed by atoms with Crippen LogP contribution in [0.5, 0.6) is 0 Å². The molecule has 0 unspecified atom stereocenters. The molecule has 2 bridgehead atoms. The van der Waals surface area contributed by atoms with E-state index in [4.69, 9.17) is 21.1 Å². The molecule has 1 aromatic carbocycles. The summed E-state index contributed by atoms with van der Waals surface area (Å²) < 4.78 is 12.3. The molecule has 0 radical (unpaired) electrons. The maximum Gasteiger partial charge on any atom is 0.312 e. The van der Waals surface area contributed by atoms with Gasteiger partial charge in [0.1, 0.15) is 17.7 Å². The van der Waals surface area contributed by atoms with Gasteiger partial charge in [-0.05, 0) is 63.3 Å². The zero-order valence-corrected chi connectivity index (χ0v) is 26.2. The number of benzene rings is 1. The number of unbranched alkanes of at least 4 members (excludes halogenated alkanes) is 3. The van der Waals surface area contributed by atoms with Gasteiger partial charge in [-0.1, -0.05) is 36.6 Å². The molecule has 10 nitrogen and oxygen atoms in total.